The Morgan fingerprint density at radius 3 is 2.40 bits per heavy atom. The van der Waals surface area contributed by atoms with Gasteiger partial charge in [0.15, 0.2) is 0 Å². The molecule has 5 nitrogen and oxygen atoms in total. The Hall–Kier alpha value is -2.54. The van der Waals surface area contributed by atoms with Gasteiger partial charge < -0.3 is 10.1 Å². The van der Waals surface area contributed by atoms with Crippen molar-refractivity contribution >= 4 is 11.5 Å². The molecule has 1 aromatic carbocycles. The maximum absolute atomic E-state index is 13.3. The molecule has 0 bridgehead atoms. The molecule has 1 aliphatic rings. The Kier molecular flexibility index (Phi) is 5.55. The molecule has 1 aromatic heterocycles. The Morgan fingerprint density at radius 1 is 1.08 bits per heavy atom. The zero-order chi connectivity index (χ0) is 17.6. The van der Waals surface area contributed by atoms with Gasteiger partial charge >= 0.3 is 0 Å². The summed E-state index contributed by atoms with van der Waals surface area (Å²) in [6, 6.07) is 9.01. The second-order valence-electron chi connectivity index (χ2n) is 5.97. The van der Waals surface area contributed by atoms with Crippen LogP contribution in [0.5, 0.6) is 0 Å². The minimum Gasteiger partial charge on any atom is -0.411 e. The number of hydrogen-bond acceptors (Lipinski definition) is 5. The lowest BCUT2D eigenvalue weighted by Gasteiger charge is -2.35. The molecule has 1 N–H and O–H groups in total. The highest BCUT2D eigenvalue weighted by Gasteiger charge is 2.18. The first-order valence-electron chi connectivity index (χ1n) is 8.21. The molecule has 0 spiro atoms. The molecule has 2 heterocycles. The van der Waals surface area contributed by atoms with E-state index < -0.39 is 11.6 Å². The van der Waals surface area contributed by atoms with Crippen molar-refractivity contribution in [1.29, 1.82) is 0 Å². The van der Waals surface area contributed by atoms with E-state index in [0.717, 1.165) is 38.1 Å². The molecule has 7 heteroatoms. The SMILES string of the molecule is O/N=C(/CCN1CCN(c2ccccn2)CC1)c1cc(F)cc(F)c1. The van der Waals surface area contributed by atoms with Crippen LogP contribution in [0.4, 0.5) is 14.6 Å². The number of halogens is 2. The van der Waals surface area contributed by atoms with Gasteiger partial charge in [0.1, 0.15) is 17.5 Å². The lowest BCUT2D eigenvalue weighted by Crippen LogP contribution is -2.47. The van der Waals surface area contributed by atoms with E-state index in [4.69, 9.17) is 0 Å². The highest BCUT2D eigenvalue weighted by Crippen LogP contribution is 2.14. The second kappa shape index (κ2) is 8.02. The monoisotopic (exact) mass is 346 g/mol. The molecule has 0 atom stereocenters. The summed E-state index contributed by atoms with van der Waals surface area (Å²) in [5, 5.41) is 12.4. The van der Waals surface area contributed by atoms with Crippen LogP contribution in [0.3, 0.4) is 0 Å². The predicted octanol–water partition coefficient (Wildman–Crippen LogP) is 2.75. The molecule has 2 aromatic rings. The average Bonchev–Trinajstić information content (AvgIpc) is 2.63. The van der Waals surface area contributed by atoms with Crippen molar-refractivity contribution < 1.29 is 14.0 Å². The lowest BCUT2D eigenvalue weighted by molar-refractivity contribution is 0.262. The fourth-order valence-corrected chi connectivity index (χ4v) is 2.98. The molecule has 0 unspecified atom stereocenters. The van der Waals surface area contributed by atoms with E-state index in [9.17, 15) is 14.0 Å². The Morgan fingerprint density at radius 2 is 1.80 bits per heavy atom. The third-order valence-electron chi connectivity index (χ3n) is 4.33. The maximum Gasteiger partial charge on any atom is 0.128 e. The number of hydrogen-bond donors (Lipinski definition) is 1. The van der Waals surface area contributed by atoms with Crippen molar-refractivity contribution in [2.24, 2.45) is 5.16 Å². The second-order valence-corrected chi connectivity index (χ2v) is 5.97. The molecule has 25 heavy (non-hydrogen) atoms. The first-order chi connectivity index (χ1) is 12.2. The maximum atomic E-state index is 13.3. The molecule has 1 aliphatic heterocycles. The van der Waals surface area contributed by atoms with Gasteiger partial charge in [-0.3, -0.25) is 4.90 Å². The van der Waals surface area contributed by atoms with Crippen LogP contribution in [0.25, 0.3) is 0 Å². The summed E-state index contributed by atoms with van der Waals surface area (Å²) >= 11 is 0. The minimum atomic E-state index is -0.680. The molecule has 3 rings (SSSR count). The first kappa shape index (κ1) is 17.3. The fraction of sp³-hybridized carbons (Fsp3) is 0.333. The van der Waals surface area contributed by atoms with E-state index in [1.54, 1.807) is 6.20 Å². The fourth-order valence-electron chi connectivity index (χ4n) is 2.98. The number of rotatable bonds is 5. The van der Waals surface area contributed by atoms with Gasteiger partial charge in [0.2, 0.25) is 0 Å². The van der Waals surface area contributed by atoms with Crippen molar-refractivity contribution in [2.75, 3.05) is 37.6 Å². The van der Waals surface area contributed by atoms with Crippen LogP contribution in [0.15, 0.2) is 47.8 Å². The Balaban J connectivity index is 1.53. The molecule has 0 amide bonds. The highest BCUT2D eigenvalue weighted by molar-refractivity contribution is 6.00. The number of piperazine rings is 1. The summed E-state index contributed by atoms with van der Waals surface area (Å²) in [4.78, 5) is 8.81. The summed E-state index contributed by atoms with van der Waals surface area (Å²) in [5.74, 6) is -0.393. The Labute approximate surface area is 145 Å². The normalized spacial score (nSPS) is 16.2. The van der Waals surface area contributed by atoms with E-state index >= 15 is 0 Å². The van der Waals surface area contributed by atoms with Crippen LogP contribution in [0.2, 0.25) is 0 Å². The van der Waals surface area contributed by atoms with Crippen molar-refractivity contribution in [3.8, 4) is 0 Å². The first-order valence-corrected chi connectivity index (χ1v) is 8.21. The number of anilines is 1. The quantitative estimate of drug-likeness (QED) is 0.514. The average molecular weight is 346 g/mol. The van der Waals surface area contributed by atoms with Crippen LogP contribution >= 0.6 is 0 Å². The number of pyridine rings is 1. The van der Waals surface area contributed by atoms with Crippen molar-refractivity contribution in [1.82, 2.24) is 9.88 Å². The standard InChI is InChI=1S/C18H20F2N4O/c19-15-11-14(12-16(20)13-15)17(22-25)4-6-23-7-9-24(10-8-23)18-3-1-2-5-21-18/h1-3,5,11-13,25H,4,6-10H2/b22-17-. The zero-order valence-electron chi connectivity index (χ0n) is 13.8. The van der Waals surface area contributed by atoms with E-state index in [-0.39, 0.29) is 11.3 Å². The molecule has 0 aliphatic carbocycles. The molecule has 0 radical (unpaired) electrons. The summed E-state index contributed by atoms with van der Waals surface area (Å²) in [7, 11) is 0. The molecule has 0 saturated carbocycles. The van der Waals surface area contributed by atoms with Crippen molar-refractivity contribution in [2.45, 2.75) is 6.42 Å². The largest absolute Gasteiger partial charge is 0.411 e. The van der Waals surface area contributed by atoms with E-state index in [2.05, 4.69) is 19.9 Å². The van der Waals surface area contributed by atoms with Crippen molar-refractivity contribution in [3.63, 3.8) is 0 Å². The van der Waals surface area contributed by atoms with Crippen LogP contribution < -0.4 is 4.90 Å². The van der Waals surface area contributed by atoms with Gasteiger partial charge in [-0.15, -0.1) is 0 Å². The number of benzene rings is 1. The van der Waals surface area contributed by atoms with Crippen molar-refractivity contribution in [3.05, 3.63) is 59.8 Å². The third-order valence-corrected chi connectivity index (χ3v) is 4.33. The topological polar surface area (TPSA) is 52.0 Å². The summed E-state index contributed by atoms with van der Waals surface area (Å²) in [5.41, 5.74) is 0.553. The van der Waals surface area contributed by atoms with Crippen LogP contribution in [0, 0.1) is 11.6 Å². The molecule has 1 fully saturated rings. The summed E-state index contributed by atoms with van der Waals surface area (Å²) in [6.07, 6.45) is 2.20. The summed E-state index contributed by atoms with van der Waals surface area (Å²) in [6.45, 7) is 4.08. The van der Waals surface area contributed by atoms with Gasteiger partial charge in [-0.2, -0.15) is 0 Å². The Bertz CT molecular complexity index is 711. The van der Waals surface area contributed by atoms with Crippen LogP contribution in [-0.2, 0) is 0 Å². The van der Waals surface area contributed by atoms with Gasteiger partial charge in [0.25, 0.3) is 0 Å². The van der Waals surface area contributed by atoms with Gasteiger partial charge in [-0.05, 0) is 24.3 Å². The van der Waals surface area contributed by atoms with Gasteiger partial charge in [-0.1, -0.05) is 11.2 Å². The van der Waals surface area contributed by atoms with Crippen LogP contribution in [-0.4, -0.2) is 53.5 Å². The molecular weight excluding hydrogens is 326 g/mol. The number of nitrogens with zero attached hydrogens (tertiary/aromatic N) is 4. The smallest absolute Gasteiger partial charge is 0.128 e. The van der Waals surface area contributed by atoms with E-state index in [0.29, 0.717) is 13.0 Å². The molecule has 1 saturated heterocycles. The van der Waals surface area contributed by atoms with E-state index in [1.807, 2.05) is 18.2 Å². The van der Waals surface area contributed by atoms with Gasteiger partial charge in [0.05, 0.1) is 5.71 Å². The number of aromatic nitrogens is 1. The molecular formula is C18H20F2N4O. The molecule has 132 valence electrons. The number of oxime groups is 1. The predicted molar refractivity (Wildman–Crippen MR) is 92.2 cm³/mol. The van der Waals surface area contributed by atoms with E-state index in [1.165, 1.54) is 12.1 Å². The van der Waals surface area contributed by atoms with Gasteiger partial charge in [-0.25, -0.2) is 13.8 Å². The zero-order valence-corrected chi connectivity index (χ0v) is 13.8. The van der Waals surface area contributed by atoms with Crippen LogP contribution in [0.1, 0.15) is 12.0 Å². The lowest BCUT2D eigenvalue weighted by atomic mass is 10.1. The summed E-state index contributed by atoms with van der Waals surface area (Å²) < 4.78 is 26.7. The third kappa shape index (κ3) is 4.51. The minimum absolute atomic E-state index is 0.270. The van der Waals surface area contributed by atoms with Gasteiger partial charge in [0, 0.05) is 57.0 Å². The highest BCUT2D eigenvalue weighted by atomic mass is 19.1.